The Morgan fingerprint density at radius 1 is 1.35 bits per heavy atom. The molecule has 0 heterocycles. The second-order valence-corrected chi connectivity index (χ2v) is 3.80. The summed E-state index contributed by atoms with van der Waals surface area (Å²) in [5.74, 6) is -1.23. The van der Waals surface area contributed by atoms with E-state index in [0.29, 0.717) is 5.75 Å². The van der Waals surface area contributed by atoms with Crippen LogP contribution in [0.5, 0.6) is 0 Å². The lowest BCUT2D eigenvalue weighted by Crippen LogP contribution is -2.47. The fourth-order valence-electron chi connectivity index (χ4n) is 1.37. The normalized spacial score (nSPS) is 11.5. The van der Waals surface area contributed by atoms with Crippen LogP contribution in [0.25, 0.3) is 0 Å². The average Bonchev–Trinajstić information content (AvgIpc) is 2.24. The number of nitrogens with zero attached hydrogens (tertiary/aromatic N) is 1. The minimum Gasteiger partial charge on any atom is -0.460 e. The van der Waals surface area contributed by atoms with Crippen molar-refractivity contribution in [2.45, 2.75) is 26.3 Å². The quantitative estimate of drug-likeness (QED) is 0.435. The topological polar surface area (TPSA) is 63.7 Å². The lowest BCUT2D eigenvalue weighted by Gasteiger charge is -2.25. The van der Waals surface area contributed by atoms with E-state index in [9.17, 15) is 14.4 Å². The number of thiol groups is 1. The Morgan fingerprint density at radius 2 is 1.88 bits per heavy atom. The van der Waals surface area contributed by atoms with Crippen molar-refractivity contribution in [2.75, 3.05) is 12.4 Å². The number of carbonyl (C=O) groups is 3. The van der Waals surface area contributed by atoms with Crippen molar-refractivity contribution in [1.29, 1.82) is 0 Å². The van der Waals surface area contributed by atoms with Crippen molar-refractivity contribution >= 4 is 30.4 Å². The van der Waals surface area contributed by atoms with Gasteiger partial charge in [0.05, 0.1) is 0 Å². The van der Waals surface area contributed by atoms with E-state index in [2.05, 4.69) is 19.2 Å². The molecule has 5 nitrogen and oxygen atoms in total. The van der Waals surface area contributed by atoms with E-state index in [1.807, 2.05) is 0 Å². The van der Waals surface area contributed by atoms with Gasteiger partial charge in [-0.1, -0.05) is 12.7 Å². The number of hydrogen-bond acceptors (Lipinski definition) is 5. The molecule has 0 aromatic carbocycles. The minimum atomic E-state index is -0.914. The van der Waals surface area contributed by atoms with Crippen molar-refractivity contribution < 1.29 is 19.1 Å². The summed E-state index contributed by atoms with van der Waals surface area (Å²) in [5, 5.41) is 0. The van der Waals surface area contributed by atoms with Crippen LogP contribution in [0.4, 0.5) is 0 Å². The first-order valence-corrected chi connectivity index (χ1v) is 5.77. The molecule has 0 fully saturated rings. The van der Waals surface area contributed by atoms with Crippen molar-refractivity contribution in [3.8, 4) is 0 Å². The number of esters is 1. The lowest BCUT2D eigenvalue weighted by atomic mass is 10.2. The minimum absolute atomic E-state index is 0.0472. The molecule has 0 aliphatic heterocycles. The van der Waals surface area contributed by atoms with Crippen LogP contribution < -0.4 is 0 Å². The van der Waals surface area contributed by atoms with Crippen LogP contribution in [0.3, 0.4) is 0 Å². The summed E-state index contributed by atoms with van der Waals surface area (Å²) >= 11 is 4.00. The lowest BCUT2D eigenvalue weighted by molar-refractivity contribution is -0.159. The van der Waals surface area contributed by atoms with Gasteiger partial charge in [-0.25, -0.2) is 4.79 Å². The molecule has 0 aromatic heterocycles. The average molecular weight is 259 g/mol. The molecule has 0 aliphatic rings. The zero-order chi connectivity index (χ0) is 13.4. The van der Waals surface area contributed by atoms with Crippen LogP contribution >= 0.6 is 12.6 Å². The Bertz CT molecular complexity index is 303. The van der Waals surface area contributed by atoms with Crippen LogP contribution in [-0.2, 0) is 19.1 Å². The summed E-state index contributed by atoms with van der Waals surface area (Å²) in [6.45, 7) is 5.92. The largest absolute Gasteiger partial charge is 0.460 e. The van der Waals surface area contributed by atoms with Crippen molar-refractivity contribution in [3.05, 3.63) is 12.7 Å². The molecular weight excluding hydrogens is 242 g/mol. The van der Waals surface area contributed by atoms with E-state index in [-0.39, 0.29) is 13.0 Å². The van der Waals surface area contributed by atoms with Crippen LogP contribution in [0, 0.1) is 0 Å². The number of ether oxygens (including phenoxy) is 1. The summed E-state index contributed by atoms with van der Waals surface area (Å²) in [5.41, 5.74) is 0. The third-order valence-electron chi connectivity index (χ3n) is 2.01. The second-order valence-electron chi connectivity index (χ2n) is 3.35. The predicted molar refractivity (Wildman–Crippen MR) is 66.6 cm³/mol. The highest BCUT2D eigenvalue weighted by Gasteiger charge is 2.31. The maximum absolute atomic E-state index is 11.7. The standard InChI is InChI=1S/C11H17NO4S/c1-4-6-16-11(15)10(5-7-17)12(8(2)13)9(3)14/h4,10,17H,1,5-7H2,2-3H3/t10-/m0/s1. The predicted octanol–water partition coefficient (Wildman–Crippen LogP) is 0.799. The first-order chi connectivity index (χ1) is 7.95. The Balaban J connectivity index is 4.90. The van der Waals surface area contributed by atoms with Crippen LogP contribution in [-0.4, -0.2) is 41.1 Å². The van der Waals surface area contributed by atoms with Gasteiger partial charge < -0.3 is 4.74 Å². The third-order valence-corrected chi connectivity index (χ3v) is 2.27. The molecule has 0 N–H and O–H groups in total. The molecule has 0 saturated carbocycles. The zero-order valence-electron chi connectivity index (χ0n) is 10.0. The molecule has 0 saturated heterocycles. The van der Waals surface area contributed by atoms with Gasteiger partial charge in [0, 0.05) is 13.8 Å². The first-order valence-electron chi connectivity index (χ1n) is 5.14. The van der Waals surface area contributed by atoms with Gasteiger partial charge in [-0.05, 0) is 12.2 Å². The highest BCUT2D eigenvalue weighted by molar-refractivity contribution is 7.80. The van der Waals surface area contributed by atoms with Crippen LogP contribution in [0.1, 0.15) is 20.3 Å². The Labute approximate surface area is 106 Å². The molecule has 96 valence electrons. The van der Waals surface area contributed by atoms with Gasteiger partial charge >= 0.3 is 5.97 Å². The summed E-state index contributed by atoms with van der Waals surface area (Å²) in [7, 11) is 0. The number of imide groups is 1. The van der Waals surface area contributed by atoms with Crippen molar-refractivity contribution in [1.82, 2.24) is 4.90 Å². The number of rotatable bonds is 6. The Hall–Kier alpha value is -1.30. The van der Waals surface area contributed by atoms with Gasteiger partial charge in [-0.3, -0.25) is 14.5 Å². The highest BCUT2D eigenvalue weighted by Crippen LogP contribution is 2.09. The van der Waals surface area contributed by atoms with Crippen LogP contribution in [0.15, 0.2) is 12.7 Å². The molecule has 0 aliphatic carbocycles. The maximum Gasteiger partial charge on any atom is 0.329 e. The zero-order valence-corrected chi connectivity index (χ0v) is 10.9. The van der Waals surface area contributed by atoms with Gasteiger partial charge in [0.1, 0.15) is 12.6 Å². The molecule has 0 unspecified atom stereocenters. The van der Waals surface area contributed by atoms with Crippen molar-refractivity contribution in [2.24, 2.45) is 0 Å². The summed E-state index contributed by atoms with van der Waals surface area (Å²) in [6, 6.07) is -0.914. The molecular formula is C11H17NO4S. The molecule has 6 heteroatoms. The van der Waals surface area contributed by atoms with Gasteiger partial charge in [-0.15, -0.1) is 0 Å². The number of hydrogen-bond donors (Lipinski definition) is 1. The van der Waals surface area contributed by atoms with E-state index in [0.717, 1.165) is 4.90 Å². The molecule has 1 atom stereocenters. The molecule has 2 amide bonds. The molecule has 17 heavy (non-hydrogen) atoms. The van der Waals surface area contributed by atoms with E-state index < -0.39 is 23.8 Å². The van der Waals surface area contributed by atoms with Crippen molar-refractivity contribution in [3.63, 3.8) is 0 Å². The second kappa shape index (κ2) is 7.89. The van der Waals surface area contributed by atoms with E-state index >= 15 is 0 Å². The maximum atomic E-state index is 11.7. The molecule has 0 radical (unpaired) electrons. The first kappa shape index (κ1) is 15.7. The van der Waals surface area contributed by atoms with E-state index in [1.165, 1.54) is 19.9 Å². The smallest absolute Gasteiger partial charge is 0.329 e. The number of amides is 2. The van der Waals surface area contributed by atoms with Gasteiger partial charge in [0.15, 0.2) is 0 Å². The summed E-state index contributed by atoms with van der Waals surface area (Å²) in [6.07, 6.45) is 1.68. The van der Waals surface area contributed by atoms with E-state index in [4.69, 9.17) is 4.74 Å². The SMILES string of the molecule is C=CCOC(=O)[C@H](CCS)N(C(C)=O)C(C)=O. The Morgan fingerprint density at radius 3 is 2.24 bits per heavy atom. The van der Waals surface area contributed by atoms with Gasteiger partial charge in [0.2, 0.25) is 11.8 Å². The van der Waals surface area contributed by atoms with Gasteiger partial charge in [-0.2, -0.15) is 12.6 Å². The Kier molecular flexibility index (Phi) is 7.29. The molecule has 0 rings (SSSR count). The fourth-order valence-corrected chi connectivity index (χ4v) is 1.62. The van der Waals surface area contributed by atoms with Crippen LogP contribution in [0.2, 0.25) is 0 Å². The fraction of sp³-hybridized carbons (Fsp3) is 0.545. The summed E-state index contributed by atoms with van der Waals surface area (Å²) in [4.78, 5) is 35.2. The third kappa shape index (κ3) is 5.04. The molecule has 0 bridgehead atoms. The number of carbonyl (C=O) groups excluding carboxylic acids is 3. The molecule has 0 aromatic rings. The molecule has 0 spiro atoms. The highest BCUT2D eigenvalue weighted by atomic mass is 32.1. The summed E-state index contributed by atoms with van der Waals surface area (Å²) < 4.78 is 4.85. The monoisotopic (exact) mass is 259 g/mol. The van der Waals surface area contributed by atoms with Gasteiger partial charge in [0.25, 0.3) is 0 Å². The van der Waals surface area contributed by atoms with E-state index in [1.54, 1.807) is 0 Å².